The number of H-pyrrole nitrogens is 1. The Hall–Kier alpha value is -4.28. The molecule has 0 bridgehead atoms. The van der Waals surface area contributed by atoms with E-state index in [-0.39, 0.29) is 40.4 Å². The molecule has 0 aromatic carbocycles. The molecule has 10 nitrogen and oxygen atoms in total. The number of methoxy groups -OCH3 is 1. The third kappa shape index (κ3) is 4.20. The van der Waals surface area contributed by atoms with Gasteiger partial charge >= 0.3 is 0 Å². The van der Waals surface area contributed by atoms with Crippen molar-refractivity contribution in [3.63, 3.8) is 0 Å². The number of pyridine rings is 2. The first-order chi connectivity index (χ1) is 18.0. The highest BCUT2D eigenvalue weighted by molar-refractivity contribution is 5.94. The van der Waals surface area contributed by atoms with Gasteiger partial charge in [0.2, 0.25) is 11.8 Å². The Labute approximate surface area is 211 Å². The van der Waals surface area contributed by atoms with Crippen molar-refractivity contribution < 1.29 is 18.7 Å². The molecule has 1 saturated carbocycles. The average molecular weight is 504 g/mol. The summed E-state index contributed by atoms with van der Waals surface area (Å²) in [6.07, 6.45) is 5.70. The van der Waals surface area contributed by atoms with Crippen molar-refractivity contribution in [3.8, 4) is 17.1 Å². The third-order valence-electron chi connectivity index (χ3n) is 7.41. The fourth-order valence-corrected chi connectivity index (χ4v) is 5.26. The van der Waals surface area contributed by atoms with Crippen LogP contribution in [0.1, 0.15) is 41.9 Å². The number of nitrogens with one attached hydrogen (secondary N) is 2. The Kier molecular flexibility index (Phi) is 5.62. The molecule has 1 aliphatic heterocycles. The number of hydrogen-bond acceptors (Lipinski definition) is 6. The van der Waals surface area contributed by atoms with Crippen molar-refractivity contribution in [2.75, 3.05) is 13.7 Å². The Balaban J connectivity index is 1.12. The molecule has 190 valence electrons. The molecule has 1 saturated heterocycles. The van der Waals surface area contributed by atoms with E-state index < -0.39 is 5.82 Å². The van der Waals surface area contributed by atoms with Crippen LogP contribution in [0.2, 0.25) is 0 Å². The molecule has 2 amide bonds. The number of carbonyl (C=O) groups excluding carboxylic acids is 2. The lowest BCUT2D eigenvalue weighted by molar-refractivity contribution is -0.127. The van der Waals surface area contributed by atoms with E-state index in [4.69, 9.17) is 4.74 Å². The molecule has 2 fully saturated rings. The van der Waals surface area contributed by atoms with Crippen LogP contribution in [0, 0.1) is 11.7 Å². The second-order valence-corrected chi connectivity index (χ2v) is 9.65. The van der Waals surface area contributed by atoms with Gasteiger partial charge in [-0.15, -0.1) is 0 Å². The largest absolute Gasteiger partial charge is 0.481 e. The normalized spacial score (nSPS) is 18.2. The molecule has 5 heterocycles. The predicted octanol–water partition coefficient (Wildman–Crippen LogP) is 2.97. The molecule has 2 aliphatic rings. The van der Waals surface area contributed by atoms with E-state index in [0.29, 0.717) is 31.6 Å². The van der Waals surface area contributed by atoms with Gasteiger partial charge in [-0.1, -0.05) is 6.07 Å². The summed E-state index contributed by atoms with van der Waals surface area (Å²) in [7, 11) is 1.45. The zero-order chi connectivity index (χ0) is 25.6. The van der Waals surface area contributed by atoms with Crippen molar-refractivity contribution in [1.82, 2.24) is 35.0 Å². The summed E-state index contributed by atoms with van der Waals surface area (Å²) in [5, 5.41) is 14.3. The van der Waals surface area contributed by atoms with E-state index in [1.54, 1.807) is 12.3 Å². The van der Waals surface area contributed by atoms with E-state index in [2.05, 4.69) is 25.6 Å². The van der Waals surface area contributed by atoms with Gasteiger partial charge in [-0.05, 0) is 49.9 Å². The molecule has 1 spiro atoms. The van der Waals surface area contributed by atoms with Gasteiger partial charge in [0.1, 0.15) is 5.69 Å². The Bertz CT molecular complexity index is 1490. The van der Waals surface area contributed by atoms with Gasteiger partial charge < -0.3 is 15.0 Å². The van der Waals surface area contributed by atoms with Crippen molar-refractivity contribution in [1.29, 1.82) is 0 Å². The Morgan fingerprint density at radius 2 is 2.14 bits per heavy atom. The van der Waals surface area contributed by atoms with Gasteiger partial charge in [0.15, 0.2) is 5.82 Å². The minimum Gasteiger partial charge on any atom is -0.481 e. The van der Waals surface area contributed by atoms with E-state index in [0.717, 1.165) is 30.2 Å². The molecular weight excluding hydrogens is 477 g/mol. The van der Waals surface area contributed by atoms with Gasteiger partial charge in [-0.25, -0.2) is 13.9 Å². The van der Waals surface area contributed by atoms with Crippen LogP contribution in [-0.4, -0.2) is 60.7 Å². The molecule has 4 aromatic rings. The van der Waals surface area contributed by atoms with Crippen LogP contribution >= 0.6 is 0 Å². The summed E-state index contributed by atoms with van der Waals surface area (Å²) in [6.45, 7) is 0.856. The molecule has 2 N–H and O–H groups in total. The number of fused-ring (bicyclic) bond motifs is 1. The first-order valence-electron chi connectivity index (χ1n) is 12.2. The van der Waals surface area contributed by atoms with Crippen LogP contribution < -0.4 is 10.1 Å². The van der Waals surface area contributed by atoms with Crippen LogP contribution in [0.3, 0.4) is 0 Å². The smallest absolute Gasteiger partial charge is 0.272 e. The lowest BCUT2D eigenvalue weighted by Crippen LogP contribution is -2.50. The number of likely N-dealkylation sites (tertiary alicyclic amines) is 1. The highest BCUT2D eigenvalue weighted by atomic mass is 19.1. The van der Waals surface area contributed by atoms with Gasteiger partial charge in [0.25, 0.3) is 5.91 Å². The van der Waals surface area contributed by atoms with Crippen LogP contribution in [0.15, 0.2) is 48.8 Å². The lowest BCUT2D eigenvalue weighted by Gasteiger charge is -2.39. The fourth-order valence-electron chi connectivity index (χ4n) is 5.26. The molecule has 1 atom stereocenters. The first kappa shape index (κ1) is 23.1. The molecule has 1 aliphatic carbocycles. The quantitative estimate of drug-likeness (QED) is 0.418. The summed E-state index contributed by atoms with van der Waals surface area (Å²) < 4.78 is 21.2. The molecule has 37 heavy (non-hydrogen) atoms. The number of nitrogens with zero attached hydrogens (tertiary/aromatic N) is 5. The van der Waals surface area contributed by atoms with Crippen LogP contribution in [0.4, 0.5) is 4.39 Å². The molecular formula is C26H26FN7O3. The number of piperidine rings is 1. The second kappa shape index (κ2) is 8.99. The number of ether oxygens (including phenoxy) is 1. The van der Waals surface area contributed by atoms with Gasteiger partial charge in [0, 0.05) is 35.8 Å². The van der Waals surface area contributed by atoms with Gasteiger partial charge in [-0.2, -0.15) is 10.2 Å². The van der Waals surface area contributed by atoms with E-state index in [1.807, 2.05) is 33.7 Å². The number of halogens is 1. The van der Waals surface area contributed by atoms with Crippen molar-refractivity contribution >= 4 is 17.3 Å². The predicted molar refractivity (Wildman–Crippen MR) is 131 cm³/mol. The summed E-state index contributed by atoms with van der Waals surface area (Å²) in [5.41, 5.74) is 2.34. The second-order valence-electron chi connectivity index (χ2n) is 9.65. The summed E-state index contributed by atoms with van der Waals surface area (Å²) in [5.74, 6) is -0.666. The van der Waals surface area contributed by atoms with Crippen LogP contribution in [0.5, 0.6) is 5.88 Å². The zero-order valence-electron chi connectivity index (χ0n) is 20.3. The highest BCUT2D eigenvalue weighted by Gasteiger charge is 2.54. The van der Waals surface area contributed by atoms with Crippen LogP contribution in [-0.2, 0) is 11.3 Å². The standard InChI is InChI=1S/C26H26FN7O3/c1-37-23-11-19(20(27)15-28-23)21-12-22(32-31-21)25(36)33-10-6-16(13-26(33)7-8-26)24(35)29-14-18-4-2-3-17-5-9-30-34(17)18/h2-5,9,11-12,15-16H,6-8,10,13-14H2,1H3,(H,29,35)(H,31,32)/t16-/m0/s1. The number of amides is 2. The van der Waals surface area contributed by atoms with Gasteiger partial charge in [-0.3, -0.25) is 14.7 Å². The number of carbonyl (C=O) groups is 2. The maximum atomic E-state index is 14.3. The maximum Gasteiger partial charge on any atom is 0.272 e. The first-order valence-corrected chi connectivity index (χ1v) is 12.2. The SMILES string of the molecule is COc1cc(-c2cc(C(=O)N3CC[C@H](C(=O)NCc4cccc5ccnn45)CC34CC4)[nH]n2)c(F)cn1. The van der Waals surface area contributed by atoms with E-state index in [1.165, 1.54) is 13.2 Å². The zero-order valence-corrected chi connectivity index (χ0v) is 20.3. The summed E-state index contributed by atoms with van der Waals surface area (Å²) in [4.78, 5) is 32.1. The Morgan fingerprint density at radius 3 is 2.95 bits per heavy atom. The fraction of sp³-hybridized carbons (Fsp3) is 0.346. The van der Waals surface area contributed by atoms with E-state index >= 15 is 0 Å². The van der Waals surface area contributed by atoms with Crippen molar-refractivity contribution in [2.24, 2.45) is 5.92 Å². The summed E-state index contributed by atoms with van der Waals surface area (Å²) >= 11 is 0. The maximum absolute atomic E-state index is 14.3. The number of hydrogen-bond donors (Lipinski definition) is 2. The highest BCUT2D eigenvalue weighted by Crippen LogP contribution is 2.50. The molecule has 4 aromatic heterocycles. The molecule has 11 heteroatoms. The van der Waals surface area contributed by atoms with Crippen molar-refractivity contribution in [2.45, 2.75) is 37.8 Å². The summed E-state index contributed by atoms with van der Waals surface area (Å²) in [6, 6.07) is 10.8. The monoisotopic (exact) mass is 503 g/mol. The molecule has 0 radical (unpaired) electrons. The average Bonchev–Trinajstić information content (AvgIpc) is 3.31. The Morgan fingerprint density at radius 1 is 1.27 bits per heavy atom. The number of rotatable bonds is 6. The lowest BCUT2D eigenvalue weighted by atomic mass is 9.88. The number of aromatic amines is 1. The molecule has 6 rings (SSSR count). The number of aromatic nitrogens is 5. The third-order valence-corrected chi connectivity index (χ3v) is 7.41. The van der Waals surface area contributed by atoms with Crippen LogP contribution in [0.25, 0.3) is 16.8 Å². The van der Waals surface area contributed by atoms with Crippen molar-refractivity contribution in [3.05, 3.63) is 66.0 Å². The minimum absolute atomic E-state index is 0.00605. The topological polar surface area (TPSA) is 118 Å². The van der Waals surface area contributed by atoms with E-state index in [9.17, 15) is 14.0 Å². The molecule has 0 unspecified atom stereocenters. The van der Waals surface area contributed by atoms with Gasteiger partial charge in [0.05, 0.1) is 36.8 Å². The minimum atomic E-state index is -0.555.